The van der Waals surface area contributed by atoms with Gasteiger partial charge in [-0.3, -0.25) is 0 Å². The number of rotatable bonds is 9. The van der Waals surface area contributed by atoms with E-state index < -0.39 is 6.03 Å². The molecule has 3 heterocycles. The lowest BCUT2D eigenvalue weighted by Crippen LogP contribution is -2.60. The summed E-state index contributed by atoms with van der Waals surface area (Å²) in [5.41, 5.74) is 7.64. The predicted molar refractivity (Wildman–Crippen MR) is 203 cm³/mol. The molecule has 6 heteroatoms. The second-order valence-corrected chi connectivity index (χ2v) is 20.0. The minimum atomic E-state index is -1.01. The highest BCUT2D eigenvalue weighted by Gasteiger charge is 2.76. The Labute approximate surface area is 298 Å². The molecule has 2 aromatic carbocycles. The average molecular weight is 673 g/mol. The third-order valence-corrected chi connectivity index (χ3v) is 11.4. The molecule has 2 aromatic rings. The Balaban J connectivity index is 1.43. The maximum absolute atomic E-state index is 7.39. The van der Waals surface area contributed by atoms with Crippen molar-refractivity contribution in [2.75, 3.05) is 55.4 Å². The number of hydrogen-bond acceptors (Lipinski definition) is 2. The fourth-order valence-corrected chi connectivity index (χ4v) is 8.70. The summed E-state index contributed by atoms with van der Waals surface area (Å²) in [5, 5.41) is 0. The van der Waals surface area contributed by atoms with Gasteiger partial charge in [-0.2, -0.15) is 0 Å². The number of hydrogen-bond donors (Lipinski definition) is 0. The minimum Gasteiger partial charge on any atom is -0.340 e. The quantitative estimate of drug-likeness (QED) is 0.200. The van der Waals surface area contributed by atoms with Gasteiger partial charge in [0.2, 0.25) is 12.1 Å². The maximum Gasteiger partial charge on any atom is 0.704 e. The molecule has 3 aliphatic heterocycles. The molecule has 0 aromatic heterocycles. The van der Waals surface area contributed by atoms with Crippen molar-refractivity contribution in [3.8, 4) is 11.5 Å². The van der Waals surface area contributed by atoms with Crippen LogP contribution in [0.3, 0.4) is 0 Å². The first-order valence-electron chi connectivity index (χ1n) is 19.3. The third kappa shape index (κ3) is 7.24. The summed E-state index contributed by atoms with van der Waals surface area (Å²) in [6.45, 7) is 18.5. The highest BCUT2D eigenvalue weighted by Crippen LogP contribution is 2.48. The Hall–Kier alpha value is -2.70. The van der Waals surface area contributed by atoms with Gasteiger partial charge in [0.25, 0.3) is 0 Å². The van der Waals surface area contributed by atoms with Gasteiger partial charge in [-0.25, -0.2) is 0 Å². The van der Waals surface area contributed by atoms with E-state index in [4.69, 9.17) is 9.47 Å². The van der Waals surface area contributed by atoms with Crippen LogP contribution in [0.5, 0.6) is 11.5 Å². The van der Waals surface area contributed by atoms with Gasteiger partial charge in [0.1, 0.15) is 0 Å². The lowest BCUT2D eigenvalue weighted by molar-refractivity contribution is -0.870. The highest BCUT2D eigenvalue weighted by atomic mass is 16.7. The molecule has 4 aliphatic rings. The second-order valence-electron chi connectivity index (χ2n) is 20.0. The number of ether oxygens (including phenoxy) is 2. The van der Waals surface area contributed by atoms with E-state index in [9.17, 15) is 0 Å². The van der Waals surface area contributed by atoms with Gasteiger partial charge >= 0.3 is 6.03 Å². The molecule has 1 aliphatic carbocycles. The van der Waals surface area contributed by atoms with Gasteiger partial charge < -0.3 is 18.4 Å². The van der Waals surface area contributed by atoms with Gasteiger partial charge in [0.05, 0.1) is 66.5 Å². The SMILES string of the molecule is Cc1cc(C(CCC[N+](C)(C)C)CCC[N+](C)(C)C)cc2c1OC13Oc4c(cc(C(C)(C)C)cc4C(C)(C)C)C=[N+]1C1CCCCC1[N+]3=C2. The lowest BCUT2D eigenvalue weighted by Gasteiger charge is -2.33. The van der Waals surface area contributed by atoms with Crippen molar-refractivity contribution >= 4 is 12.4 Å². The van der Waals surface area contributed by atoms with Crippen LogP contribution in [-0.2, 0) is 10.8 Å². The van der Waals surface area contributed by atoms with E-state index in [2.05, 4.69) is 137 Å². The smallest absolute Gasteiger partial charge is 0.340 e. The molecule has 49 heavy (non-hydrogen) atoms. The molecule has 3 atom stereocenters. The van der Waals surface area contributed by atoms with Gasteiger partial charge in [0.15, 0.2) is 23.9 Å². The maximum atomic E-state index is 7.39. The largest absolute Gasteiger partial charge is 0.704 e. The summed E-state index contributed by atoms with van der Waals surface area (Å²) in [5.74, 6) is 2.49. The van der Waals surface area contributed by atoms with Crippen molar-refractivity contribution in [1.29, 1.82) is 0 Å². The molecule has 0 bridgehead atoms. The normalized spacial score (nSPS) is 23.4. The fourth-order valence-electron chi connectivity index (χ4n) is 8.70. The van der Waals surface area contributed by atoms with Crippen molar-refractivity contribution in [1.82, 2.24) is 0 Å². The predicted octanol–water partition coefficient (Wildman–Crippen LogP) is 7.93. The molecule has 6 nitrogen and oxygen atoms in total. The van der Waals surface area contributed by atoms with E-state index in [1.165, 1.54) is 85.0 Å². The molecular formula is C43H68N4O2+4. The van der Waals surface area contributed by atoms with Crippen LogP contribution in [0.25, 0.3) is 0 Å². The van der Waals surface area contributed by atoms with E-state index >= 15 is 0 Å². The van der Waals surface area contributed by atoms with Crippen LogP contribution in [0.2, 0.25) is 0 Å². The average Bonchev–Trinajstić information content (AvgIpc) is 3.24. The van der Waals surface area contributed by atoms with E-state index in [1.54, 1.807) is 0 Å². The highest BCUT2D eigenvalue weighted by molar-refractivity contribution is 5.85. The van der Waals surface area contributed by atoms with Crippen LogP contribution in [0.1, 0.15) is 132 Å². The summed E-state index contributed by atoms with van der Waals surface area (Å²) >= 11 is 0. The van der Waals surface area contributed by atoms with Crippen molar-refractivity contribution in [2.24, 2.45) is 0 Å². The molecule has 6 rings (SSSR count). The van der Waals surface area contributed by atoms with Crippen LogP contribution in [0.4, 0.5) is 0 Å². The number of aryl methyl sites for hydroxylation is 1. The zero-order valence-electron chi connectivity index (χ0n) is 33.4. The van der Waals surface area contributed by atoms with Gasteiger partial charge in [-0.05, 0) is 91.0 Å². The zero-order valence-corrected chi connectivity index (χ0v) is 33.4. The van der Waals surface area contributed by atoms with E-state index in [0.29, 0.717) is 18.0 Å². The summed E-state index contributed by atoms with van der Waals surface area (Å²) in [6, 6.07) is 9.35. The first-order chi connectivity index (χ1) is 22.7. The van der Waals surface area contributed by atoms with Crippen LogP contribution in [0.15, 0.2) is 24.3 Å². The molecule has 1 saturated carbocycles. The van der Waals surface area contributed by atoms with E-state index in [0.717, 1.165) is 33.3 Å². The molecular weight excluding hydrogens is 604 g/mol. The number of nitrogens with zero attached hydrogens (tertiary/aromatic N) is 4. The standard InChI is InChI=1S/C43H68N4O2/c1-30-24-32(31(18-16-22-46(8,9)10)19-17-23-47(11,12)13)25-33-28-44-37-20-14-15-21-38(37)45-29-34-26-35(41(2,3)4)27-36(42(5,6)7)40(34)49-43(44,45)48-39(30)33/h24-29,31,37-38H,14-23H2,1-13H3/q+4. The Kier molecular flexibility index (Phi) is 9.22. The molecule has 0 amide bonds. The summed E-state index contributed by atoms with van der Waals surface area (Å²) < 4.78 is 21.7. The summed E-state index contributed by atoms with van der Waals surface area (Å²) in [6.07, 6.45) is 14.5. The molecule has 268 valence electrons. The van der Waals surface area contributed by atoms with Crippen LogP contribution in [0, 0.1) is 6.92 Å². The zero-order chi connectivity index (χ0) is 35.7. The monoisotopic (exact) mass is 673 g/mol. The summed E-state index contributed by atoms with van der Waals surface area (Å²) in [7, 11) is 13.9. The van der Waals surface area contributed by atoms with E-state index in [1.807, 2.05) is 0 Å². The molecule has 0 radical (unpaired) electrons. The molecule has 2 fully saturated rings. The van der Waals surface area contributed by atoms with Crippen molar-refractivity contribution in [3.05, 3.63) is 57.6 Å². The Morgan fingerprint density at radius 3 is 1.71 bits per heavy atom. The molecule has 1 saturated heterocycles. The lowest BCUT2D eigenvalue weighted by atomic mass is 9.79. The number of quaternary nitrogens is 2. The van der Waals surface area contributed by atoms with Gasteiger partial charge in [0, 0.05) is 18.4 Å². The number of fused-ring (bicyclic) bond motifs is 5. The van der Waals surface area contributed by atoms with Crippen LogP contribution >= 0.6 is 0 Å². The Morgan fingerprint density at radius 1 is 0.714 bits per heavy atom. The topological polar surface area (TPSA) is 24.5 Å². The summed E-state index contributed by atoms with van der Waals surface area (Å²) in [4.78, 5) is 0. The van der Waals surface area contributed by atoms with Crippen LogP contribution < -0.4 is 9.47 Å². The Bertz CT molecular complexity index is 1620. The van der Waals surface area contributed by atoms with Gasteiger partial charge in [-0.15, -0.1) is 0 Å². The fraction of sp³-hybridized carbons (Fsp3) is 0.674. The molecule has 3 unspecified atom stereocenters. The van der Waals surface area contributed by atoms with Crippen molar-refractivity contribution in [3.63, 3.8) is 0 Å². The molecule has 0 N–H and O–H groups in total. The Morgan fingerprint density at radius 2 is 1.22 bits per heavy atom. The van der Waals surface area contributed by atoms with Gasteiger partial charge in [-0.1, -0.05) is 62.8 Å². The van der Waals surface area contributed by atoms with Crippen molar-refractivity contribution in [2.45, 2.75) is 135 Å². The first kappa shape index (κ1) is 36.1. The van der Waals surface area contributed by atoms with Crippen LogP contribution in [-0.4, -0.2) is 104 Å². The minimum absolute atomic E-state index is 0.0426. The van der Waals surface area contributed by atoms with E-state index in [-0.39, 0.29) is 10.8 Å². The first-order valence-corrected chi connectivity index (χ1v) is 19.3. The number of benzene rings is 2. The third-order valence-electron chi connectivity index (χ3n) is 11.4. The second kappa shape index (κ2) is 12.5. The van der Waals surface area contributed by atoms with Crippen molar-refractivity contribution < 1.29 is 27.6 Å². The molecule has 1 spiro atoms.